The Morgan fingerprint density at radius 2 is 1.50 bits per heavy atom. The number of phenols is 2. The number of ether oxygens (including phenoxy) is 2. The Bertz CT molecular complexity index is 809. The summed E-state index contributed by atoms with van der Waals surface area (Å²) in [7, 11) is 3.02. The van der Waals surface area contributed by atoms with E-state index in [2.05, 4.69) is 0 Å². The van der Waals surface area contributed by atoms with E-state index in [4.69, 9.17) is 9.47 Å². The molecule has 4 nitrogen and oxygen atoms in total. The summed E-state index contributed by atoms with van der Waals surface area (Å²) >= 11 is 0. The van der Waals surface area contributed by atoms with Crippen LogP contribution < -0.4 is 9.47 Å². The first-order valence-electron chi connectivity index (χ1n) is 6.15. The summed E-state index contributed by atoms with van der Waals surface area (Å²) in [6.45, 7) is 0. The zero-order valence-electron chi connectivity index (χ0n) is 11.2. The van der Waals surface area contributed by atoms with Gasteiger partial charge in [0.2, 0.25) is 5.75 Å². The number of phenolic OH excluding ortho intramolecular Hbond substituents is 2. The number of rotatable bonds is 2. The first kappa shape index (κ1) is 12.4. The Morgan fingerprint density at radius 1 is 0.800 bits per heavy atom. The Morgan fingerprint density at radius 3 is 2.20 bits per heavy atom. The SMILES string of the molecule is COc1c(O)cc2ccc3cc(O)ccc3c2c1OC. The van der Waals surface area contributed by atoms with E-state index >= 15 is 0 Å². The Hall–Kier alpha value is -2.62. The molecule has 0 saturated carbocycles. The minimum atomic E-state index is 0.0370. The minimum Gasteiger partial charge on any atom is -0.508 e. The molecule has 3 aromatic rings. The smallest absolute Gasteiger partial charge is 0.203 e. The van der Waals surface area contributed by atoms with Crippen molar-refractivity contribution in [1.29, 1.82) is 0 Å². The van der Waals surface area contributed by atoms with E-state index in [1.54, 1.807) is 18.2 Å². The van der Waals surface area contributed by atoms with Crippen molar-refractivity contribution in [2.45, 2.75) is 0 Å². The third kappa shape index (κ3) is 1.69. The number of methoxy groups -OCH3 is 2. The summed E-state index contributed by atoms with van der Waals surface area (Å²) in [5.41, 5.74) is 0. The maximum atomic E-state index is 9.99. The number of hydrogen-bond acceptors (Lipinski definition) is 4. The number of aromatic hydroxyl groups is 2. The minimum absolute atomic E-state index is 0.0370. The van der Waals surface area contributed by atoms with Gasteiger partial charge in [0.25, 0.3) is 0 Å². The van der Waals surface area contributed by atoms with Crippen LogP contribution in [0, 0.1) is 0 Å². The second-order valence-electron chi connectivity index (χ2n) is 4.53. The molecule has 0 spiro atoms. The van der Waals surface area contributed by atoms with Gasteiger partial charge in [0.15, 0.2) is 11.5 Å². The molecule has 3 aromatic carbocycles. The van der Waals surface area contributed by atoms with Crippen molar-refractivity contribution in [1.82, 2.24) is 0 Å². The predicted octanol–water partition coefficient (Wildman–Crippen LogP) is 3.42. The maximum absolute atomic E-state index is 9.99. The predicted molar refractivity (Wildman–Crippen MR) is 77.9 cm³/mol. The van der Waals surface area contributed by atoms with Crippen LogP contribution in [0.4, 0.5) is 0 Å². The van der Waals surface area contributed by atoms with Gasteiger partial charge >= 0.3 is 0 Å². The van der Waals surface area contributed by atoms with E-state index in [0.29, 0.717) is 11.5 Å². The Kier molecular flexibility index (Phi) is 2.79. The van der Waals surface area contributed by atoms with Crippen molar-refractivity contribution in [3.8, 4) is 23.0 Å². The number of benzene rings is 3. The van der Waals surface area contributed by atoms with Crippen LogP contribution in [0.25, 0.3) is 21.5 Å². The maximum Gasteiger partial charge on any atom is 0.203 e. The van der Waals surface area contributed by atoms with Crippen molar-refractivity contribution >= 4 is 21.5 Å². The van der Waals surface area contributed by atoms with Gasteiger partial charge in [0, 0.05) is 5.39 Å². The topological polar surface area (TPSA) is 58.9 Å². The average Bonchev–Trinajstić information content (AvgIpc) is 2.45. The second kappa shape index (κ2) is 4.49. The Balaban J connectivity index is 2.54. The quantitative estimate of drug-likeness (QED) is 0.700. The first-order chi connectivity index (χ1) is 9.65. The molecule has 0 atom stereocenters. The highest BCUT2D eigenvalue weighted by Gasteiger charge is 2.16. The van der Waals surface area contributed by atoms with Crippen LogP contribution in [0.15, 0.2) is 36.4 Å². The summed E-state index contributed by atoms with van der Waals surface area (Å²) in [4.78, 5) is 0. The van der Waals surface area contributed by atoms with Gasteiger partial charge in [-0.25, -0.2) is 0 Å². The molecule has 3 rings (SSSR count). The van der Waals surface area contributed by atoms with Gasteiger partial charge in [-0.15, -0.1) is 0 Å². The molecular formula is C16H14O4. The molecule has 0 aliphatic heterocycles. The van der Waals surface area contributed by atoms with E-state index in [1.165, 1.54) is 14.2 Å². The lowest BCUT2D eigenvalue weighted by Crippen LogP contribution is -1.93. The van der Waals surface area contributed by atoms with Gasteiger partial charge in [-0.2, -0.15) is 0 Å². The fraction of sp³-hybridized carbons (Fsp3) is 0.125. The summed E-state index contributed by atoms with van der Waals surface area (Å²) in [6, 6.07) is 10.5. The molecule has 0 heterocycles. The third-order valence-electron chi connectivity index (χ3n) is 3.40. The molecule has 102 valence electrons. The normalized spacial score (nSPS) is 10.9. The fourth-order valence-corrected chi connectivity index (χ4v) is 2.54. The van der Waals surface area contributed by atoms with E-state index in [0.717, 1.165) is 21.5 Å². The van der Waals surface area contributed by atoms with E-state index in [-0.39, 0.29) is 11.5 Å². The average molecular weight is 270 g/mol. The molecule has 20 heavy (non-hydrogen) atoms. The van der Waals surface area contributed by atoms with E-state index < -0.39 is 0 Å². The lowest BCUT2D eigenvalue weighted by molar-refractivity contribution is 0.336. The molecular weight excluding hydrogens is 256 g/mol. The number of fused-ring (bicyclic) bond motifs is 3. The van der Waals surface area contributed by atoms with E-state index in [9.17, 15) is 10.2 Å². The zero-order valence-corrected chi connectivity index (χ0v) is 11.2. The third-order valence-corrected chi connectivity index (χ3v) is 3.40. The van der Waals surface area contributed by atoms with Crippen LogP contribution in [0.1, 0.15) is 0 Å². The summed E-state index contributed by atoms with van der Waals surface area (Å²) in [5, 5.41) is 23.1. The largest absolute Gasteiger partial charge is 0.508 e. The summed E-state index contributed by atoms with van der Waals surface area (Å²) < 4.78 is 10.6. The van der Waals surface area contributed by atoms with Crippen LogP contribution >= 0.6 is 0 Å². The van der Waals surface area contributed by atoms with Gasteiger partial charge in [-0.1, -0.05) is 12.1 Å². The monoisotopic (exact) mass is 270 g/mol. The number of hydrogen-bond donors (Lipinski definition) is 2. The highest BCUT2D eigenvalue weighted by Crippen LogP contribution is 2.45. The lowest BCUT2D eigenvalue weighted by Gasteiger charge is -2.14. The summed E-state index contributed by atoms with van der Waals surface area (Å²) in [5.74, 6) is 1.04. The van der Waals surface area contributed by atoms with E-state index in [1.807, 2.05) is 18.2 Å². The van der Waals surface area contributed by atoms with Gasteiger partial charge in [-0.3, -0.25) is 0 Å². The molecule has 0 aliphatic rings. The summed E-state index contributed by atoms with van der Waals surface area (Å²) in [6.07, 6.45) is 0. The Labute approximate surface area is 115 Å². The standard InChI is InChI=1S/C16H14O4/c1-19-15-13(18)8-10-4-3-9-7-11(17)5-6-12(9)14(10)16(15)20-2/h3-8,17-18H,1-2H3. The molecule has 0 unspecified atom stereocenters. The van der Waals surface area contributed by atoms with Gasteiger partial charge in [0.1, 0.15) is 5.75 Å². The van der Waals surface area contributed by atoms with Crippen LogP contribution in [0.5, 0.6) is 23.0 Å². The highest BCUT2D eigenvalue weighted by atomic mass is 16.5. The van der Waals surface area contributed by atoms with Gasteiger partial charge in [-0.05, 0) is 40.4 Å². The van der Waals surface area contributed by atoms with Crippen LogP contribution in [0.2, 0.25) is 0 Å². The van der Waals surface area contributed by atoms with Gasteiger partial charge in [0.05, 0.1) is 14.2 Å². The molecule has 0 radical (unpaired) electrons. The molecule has 0 saturated heterocycles. The molecule has 0 aliphatic carbocycles. The van der Waals surface area contributed by atoms with Crippen molar-refractivity contribution in [2.75, 3.05) is 14.2 Å². The van der Waals surface area contributed by atoms with Crippen molar-refractivity contribution in [3.05, 3.63) is 36.4 Å². The molecule has 0 amide bonds. The van der Waals surface area contributed by atoms with Crippen LogP contribution in [0.3, 0.4) is 0 Å². The van der Waals surface area contributed by atoms with Gasteiger partial charge < -0.3 is 19.7 Å². The van der Waals surface area contributed by atoms with Crippen LogP contribution in [-0.4, -0.2) is 24.4 Å². The van der Waals surface area contributed by atoms with Crippen molar-refractivity contribution in [3.63, 3.8) is 0 Å². The lowest BCUT2D eigenvalue weighted by atomic mass is 10.00. The molecule has 0 aromatic heterocycles. The van der Waals surface area contributed by atoms with Crippen molar-refractivity contribution < 1.29 is 19.7 Å². The molecule has 0 fully saturated rings. The molecule has 4 heteroatoms. The molecule has 0 bridgehead atoms. The van der Waals surface area contributed by atoms with Crippen molar-refractivity contribution in [2.24, 2.45) is 0 Å². The zero-order chi connectivity index (χ0) is 14.3. The van der Waals surface area contributed by atoms with Crippen LogP contribution in [-0.2, 0) is 0 Å². The fourth-order valence-electron chi connectivity index (χ4n) is 2.54. The first-order valence-corrected chi connectivity index (χ1v) is 6.15. The highest BCUT2D eigenvalue weighted by molar-refractivity contribution is 6.12. The molecule has 2 N–H and O–H groups in total. The second-order valence-corrected chi connectivity index (χ2v) is 4.53.